The summed E-state index contributed by atoms with van der Waals surface area (Å²) in [6.07, 6.45) is 0. The Morgan fingerprint density at radius 1 is 0.833 bits per heavy atom. The predicted octanol–water partition coefficient (Wildman–Crippen LogP) is -1.08. The predicted molar refractivity (Wildman–Crippen MR) is 75.4 cm³/mol. The Morgan fingerprint density at radius 3 is 1.25 bits per heavy atom. The maximum atomic E-state index is 9.29. The van der Waals surface area contributed by atoms with Crippen LogP contribution in [0, 0.1) is 0 Å². The molecule has 0 saturated heterocycles. The van der Waals surface area contributed by atoms with Crippen LogP contribution >= 0.6 is 44.6 Å². The fourth-order valence-corrected chi connectivity index (χ4v) is 1.98. The second kappa shape index (κ2) is 18.6. The maximum Gasteiger partial charge on any atom is 4.00 e. The van der Waals surface area contributed by atoms with Crippen LogP contribution in [-0.2, 0) is 47.9 Å². The van der Waals surface area contributed by atoms with Gasteiger partial charge in [-0.2, -0.15) is 0 Å². The van der Waals surface area contributed by atoms with Crippen molar-refractivity contribution in [3.05, 3.63) is 35.9 Å². The van der Waals surface area contributed by atoms with Crippen molar-refractivity contribution in [3.8, 4) is 0 Å². The Balaban J connectivity index is -0.000000274. The molecule has 0 radical (unpaired) electrons. The van der Waals surface area contributed by atoms with Crippen LogP contribution in [-0.4, -0.2) is 5.11 Å². The first-order chi connectivity index (χ1) is 10.6. The molecule has 1 aromatic carbocycles. The van der Waals surface area contributed by atoms with Gasteiger partial charge >= 0.3 is 21.1 Å². The number of hydrogen-bond donors (Lipinski definition) is 1. The van der Waals surface area contributed by atoms with Gasteiger partial charge in [-0.05, 0) is 5.56 Å². The third kappa shape index (κ3) is 25.1. The van der Waals surface area contributed by atoms with E-state index in [0.29, 0.717) is 0 Å². The second-order valence-corrected chi connectivity index (χ2v) is 7.00. The zero-order valence-corrected chi connectivity index (χ0v) is 19.0. The summed E-state index contributed by atoms with van der Waals surface area (Å²) < 4.78 is 43.6. The molecule has 0 aliphatic rings. The molecule has 0 aliphatic heterocycles. The van der Waals surface area contributed by atoms with E-state index in [1.165, 1.54) is 0 Å². The molecule has 0 fully saturated rings. The average molecular weight is 614 g/mol. The van der Waals surface area contributed by atoms with E-state index in [-0.39, 0.29) is 21.1 Å². The van der Waals surface area contributed by atoms with Crippen LogP contribution in [0.4, 0.5) is 0 Å². The monoisotopic (exact) mass is 614 g/mol. The molecule has 24 heavy (non-hydrogen) atoms. The van der Waals surface area contributed by atoms with Crippen LogP contribution in [0.2, 0.25) is 0 Å². The SMILES string of the molecule is O=[PH]([O-])O[PH](=O)[O-].O=[PH]([O-])O[PH](=O)[O-].OC(Cl)c1ccccc1.[W+4]. The van der Waals surface area contributed by atoms with Gasteiger partial charge in [-0.15, -0.1) is 0 Å². The van der Waals surface area contributed by atoms with Gasteiger partial charge in [0.25, 0.3) is 0 Å². The van der Waals surface area contributed by atoms with E-state index >= 15 is 0 Å². The number of benzene rings is 1. The van der Waals surface area contributed by atoms with Crippen molar-refractivity contribution < 1.29 is 72.6 Å². The Morgan fingerprint density at radius 2 is 1.12 bits per heavy atom. The van der Waals surface area contributed by atoms with Gasteiger partial charge in [0.2, 0.25) is 0 Å². The van der Waals surface area contributed by atoms with Crippen LogP contribution in [0.25, 0.3) is 0 Å². The number of aliphatic hydroxyl groups is 1. The normalized spacial score (nSPS) is 15.8. The smallest absolute Gasteiger partial charge is 0.781 e. The van der Waals surface area contributed by atoms with Crippen LogP contribution in [0.1, 0.15) is 11.1 Å². The zero-order valence-electron chi connectivity index (χ0n) is 11.3. The molecule has 1 N–H and O–H groups in total. The zero-order chi connectivity index (χ0) is 18.4. The van der Waals surface area contributed by atoms with E-state index in [0.717, 1.165) is 5.56 Å². The van der Waals surface area contributed by atoms with Gasteiger partial charge in [0.05, 0.1) is 0 Å². The second-order valence-electron chi connectivity index (χ2n) is 2.95. The molecular formula is C7H11ClO11P4W. The molecule has 5 atom stereocenters. The minimum atomic E-state index is -3.51. The fraction of sp³-hybridized carbons (Fsp3) is 0.143. The Bertz CT molecular complexity index is 480. The van der Waals surface area contributed by atoms with Crippen molar-refractivity contribution in [3.63, 3.8) is 0 Å². The summed E-state index contributed by atoms with van der Waals surface area (Å²) in [6, 6.07) is 9.10. The molecular weight excluding hydrogens is 603 g/mol. The molecule has 5 unspecified atom stereocenters. The van der Waals surface area contributed by atoms with E-state index < -0.39 is 38.6 Å². The minimum absolute atomic E-state index is 0. The maximum absolute atomic E-state index is 9.29. The van der Waals surface area contributed by atoms with Gasteiger partial charge in [-0.1, -0.05) is 41.9 Å². The number of alkyl halides is 1. The molecule has 0 aliphatic carbocycles. The first-order valence-electron chi connectivity index (χ1n) is 5.13. The van der Waals surface area contributed by atoms with E-state index in [4.69, 9.17) is 16.7 Å². The molecule has 138 valence electrons. The van der Waals surface area contributed by atoms with Gasteiger partial charge in [-0.25, -0.2) is 0 Å². The Hall–Kier alpha value is 0.838. The molecule has 0 spiro atoms. The first-order valence-corrected chi connectivity index (χ1v) is 10.5. The fourth-order valence-electron chi connectivity index (χ4n) is 0.748. The molecule has 0 amide bonds. The first kappa shape index (κ1) is 29.6. The molecule has 11 nitrogen and oxygen atoms in total. The standard InChI is InChI=1S/C7H7ClO.2H4O5P2.W/c8-7(9)6-4-2-1-3-5-6;2*1-6(2)5-7(3)4;/h1-5,7,9H;2*6-7H,(H,1,2)(H,3,4);/q;;;+4/p-4. The van der Waals surface area contributed by atoms with Crippen LogP contribution < -0.4 is 19.6 Å². The van der Waals surface area contributed by atoms with Crippen molar-refractivity contribution in [1.29, 1.82) is 0 Å². The Labute approximate surface area is 158 Å². The van der Waals surface area contributed by atoms with Gasteiger partial charge in [0, 0.05) is 0 Å². The van der Waals surface area contributed by atoms with Crippen molar-refractivity contribution in [2.24, 2.45) is 0 Å². The summed E-state index contributed by atoms with van der Waals surface area (Å²) in [7, 11) is -14.1. The topological polar surface area (TPSA) is 199 Å². The van der Waals surface area contributed by atoms with Crippen molar-refractivity contribution in [2.45, 2.75) is 5.56 Å². The van der Waals surface area contributed by atoms with Gasteiger partial charge in [-0.3, -0.25) is 8.62 Å². The summed E-state index contributed by atoms with van der Waals surface area (Å²) in [5, 5.41) is 8.79. The summed E-state index contributed by atoms with van der Waals surface area (Å²) >= 11 is 5.36. The van der Waals surface area contributed by atoms with Gasteiger partial charge in [0.1, 0.15) is 33.0 Å². The van der Waals surface area contributed by atoms with Crippen molar-refractivity contribution in [1.82, 2.24) is 0 Å². The molecule has 0 saturated carbocycles. The molecule has 17 heteroatoms. The summed E-state index contributed by atoms with van der Waals surface area (Å²) in [4.78, 5) is 37.1. The number of aliphatic hydroxyl groups excluding tert-OH is 1. The summed E-state index contributed by atoms with van der Waals surface area (Å²) in [6.45, 7) is 0. The van der Waals surface area contributed by atoms with Crippen molar-refractivity contribution in [2.75, 3.05) is 0 Å². The molecule has 1 rings (SSSR count). The minimum Gasteiger partial charge on any atom is -0.781 e. The number of hydrogen-bond acceptors (Lipinski definition) is 11. The van der Waals surface area contributed by atoms with Crippen LogP contribution in [0.5, 0.6) is 0 Å². The molecule has 0 bridgehead atoms. The molecule has 0 aromatic heterocycles. The van der Waals surface area contributed by atoms with E-state index in [1.807, 2.05) is 18.2 Å². The quantitative estimate of drug-likeness (QED) is 0.313. The number of rotatable bonds is 5. The van der Waals surface area contributed by atoms with Crippen molar-refractivity contribution >= 4 is 44.6 Å². The van der Waals surface area contributed by atoms with Crippen LogP contribution in [0.15, 0.2) is 30.3 Å². The third-order valence-corrected chi connectivity index (χ3v) is 4.33. The number of halogens is 1. The van der Waals surface area contributed by atoms with E-state index in [9.17, 15) is 37.8 Å². The van der Waals surface area contributed by atoms with Crippen LogP contribution in [0.3, 0.4) is 0 Å². The van der Waals surface area contributed by atoms with Gasteiger partial charge in [0.15, 0.2) is 5.56 Å². The largest absolute Gasteiger partial charge is 4.00 e. The Kier molecular flexibility index (Phi) is 23.0. The van der Waals surface area contributed by atoms with Gasteiger partial charge < -0.3 is 42.9 Å². The van der Waals surface area contributed by atoms with E-state index in [2.05, 4.69) is 8.62 Å². The van der Waals surface area contributed by atoms with E-state index in [1.54, 1.807) is 12.1 Å². The summed E-state index contributed by atoms with van der Waals surface area (Å²) in [5.74, 6) is 0. The summed E-state index contributed by atoms with van der Waals surface area (Å²) in [5.41, 5.74) is -0.134. The molecule has 0 heterocycles. The third-order valence-electron chi connectivity index (χ3n) is 1.41. The average Bonchev–Trinajstić information content (AvgIpc) is 2.37. The molecule has 1 aromatic rings.